The molecule has 1 heterocycles. The predicted molar refractivity (Wildman–Crippen MR) is 60.3 cm³/mol. The van der Waals surface area contributed by atoms with Gasteiger partial charge < -0.3 is 0 Å². The van der Waals surface area contributed by atoms with Crippen molar-refractivity contribution in [2.24, 2.45) is 10.4 Å². The molecule has 0 fully saturated rings. The summed E-state index contributed by atoms with van der Waals surface area (Å²) >= 11 is 1.96. The first kappa shape index (κ1) is 9.07. The quantitative estimate of drug-likeness (QED) is 0.576. The Bertz CT molecular complexity index is 294. The largest absolute Gasteiger partial charge is 0.274 e. The fourth-order valence-electron chi connectivity index (χ4n) is 1.45. The Morgan fingerprint density at radius 1 is 1.31 bits per heavy atom. The summed E-state index contributed by atoms with van der Waals surface area (Å²) in [7, 11) is 0. The molecule has 70 valence electrons. The Morgan fingerprint density at radius 3 is 2.69 bits per heavy atom. The van der Waals surface area contributed by atoms with Gasteiger partial charge in [-0.25, -0.2) is 0 Å². The third kappa shape index (κ3) is 1.73. The third-order valence-electron chi connectivity index (χ3n) is 2.24. The molecule has 2 aliphatic rings. The van der Waals surface area contributed by atoms with Crippen molar-refractivity contribution in [2.75, 3.05) is 0 Å². The van der Waals surface area contributed by atoms with Crippen LogP contribution in [0.25, 0.3) is 0 Å². The molecule has 0 amide bonds. The fraction of sp³-hybridized carbons (Fsp3) is 0.545. The summed E-state index contributed by atoms with van der Waals surface area (Å²) in [5.74, 6) is 0. The highest BCUT2D eigenvalue weighted by atomic mass is 32.2. The highest BCUT2D eigenvalue weighted by molar-refractivity contribution is 8.01. The molecule has 0 spiro atoms. The lowest BCUT2D eigenvalue weighted by Crippen LogP contribution is -2.19. The first-order chi connectivity index (χ1) is 6.07. The minimum Gasteiger partial charge on any atom is -0.274 e. The van der Waals surface area contributed by atoms with Crippen molar-refractivity contribution in [2.45, 2.75) is 31.4 Å². The SMILES string of the molecule is CC(C)(C)C1N=C2C=CC=CC2S1. The molecule has 2 atom stereocenters. The summed E-state index contributed by atoms with van der Waals surface area (Å²) in [6.07, 6.45) is 8.54. The van der Waals surface area contributed by atoms with Crippen molar-refractivity contribution in [1.82, 2.24) is 0 Å². The molecule has 0 aromatic carbocycles. The van der Waals surface area contributed by atoms with Crippen LogP contribution >= 0.6 is 11.8 Å². The van der Waals surface area contributed by atoms with Gasteiger partial charge in [0.1, 0.15) is 5.37 Å². The first-order valence-electron chi connectivity index (χ1n) is 4.65. The molecule has 1 aliphatic carbocycles. The van der Waals surface area contributed by atoms with E-state index in [-0.39, 0.29) is 5.41 Å². The van der Waals surface area contributed by atoms with E-state index >= 15 is 0 Å². The zero-order valence-electron chi connectivity index (χ0n) is 8.32. The van der Waals surface area contributed by atoms with Gasteiger partial charge in [-0.15, -0.1) is 11.8 Å². The van der Waals surface area contributed by atoms with Gasteiger partial charge in [0.25, 0.3) is 0 Å². The maximum Gasteiger partial charge on any atom is 0.101 e. The molecule has 0 aromatic rings. The number of fused-ring (bicyclic) bond motifs is 1. The van der Waals surface area contributed by atoms with Crippen molar-refractivity contribution in [3.63, 3.8) is 0 Å². The van der Waals surface area contributed by atoms with Crippen molar-refractivity contribution in [3.05, 3.63) is 24.3 Å². The van der Waals surface area contributed by atoms with E-state index in [4.69, 9.17) is 4.99 Å². The predicted octanol–water partition coefficient (Wildman–Crippen LogP) is 3.04. The maximum atomic E-state index is 4.72. The molecule has 1 aliphatic heterocycles. The summed E-state index contributed by atoms with van der Waals surface area (Å²) in [5, 5.41) is 0.925. The van der Waals surface area contributed by atoms with Crippen LogP contribution in [0.15, 0.2) is 29.3 Å². The lowest BCUT2D eigenvalue weighted by Gasteiger charge is -2.23. The summed E-state index contributed by atoms with van der Waals surface area (Å²) in [6.45, 7) is 6.75. The molecular weight excluding hydrogens is 178 g/mol. The third-order valence-corrected chi connectivity index (χ3v) is 4.00. The number of hydrogen-bond donors (Lipinski definition) is 0. The minimum absolute atomic E-state index is 0.274. The lowest BCUT2D eigenvalue weighted by atomic mass is 9.97. The van der Waals surface area contributed by atoms with E-state index < -0.39 is 0 Å². The monoisotopic (exact) mass is 193 g/mol. The van der Waals surface area contributed by atoms with Crippen LogP contribution in [0.3, 0.4) is 0 Å². The van der Waals surface area contributed by atoms with Gasteiger partial charge in [-0.1, -0.05) is 39.0 Å². The topological polar surface area (TPSA) is 12.4 Å². The second-order valence-electron chi connectivity index (χ2n) is 4.57. The summed E-state index contributed by atoms with van der Waals surface area (Å²) < 4.78 is 0. The van der Waals surface area contributed by atoms with E-state index in [2.05, 4.69) is 45.1 Å². The number of thioether (sulfide) groups is 1. The average molecular weight is 193 g/mol. The van der Waals surface area contributed by atoms with Gasteiger partial charge >= 0.3 is 0 Å². The number of nitrogens with zero attached hydrogens (tertiary/aromatic N) is 1. The maximum absolute atomic E-state index is 4.72. The van der Waals surface area contributed by atoms with Gasteiger partial charge in [0.05, 0.1) is 11.0 Å². The first-order valence-corrected chi connectivity index (χ1v) is 5.60. The average Bonchev–Trinajstić information content (AvgIpc) is 2.45. The van der Waals surface area contributed by atoms with Crippen molar-refractivity contribution < 1.29 is 0 Å². The van der Waals surface area contributed by atoms with Crippen LogP contribution in [0.5, 0.6) is 0 Å². The summed E-state index contributed by atoms with van der Waals surface area (Å²) in [5.41, 5.74) is 1.52. The van der Waals surface area contributed by atoms with Crippen LogP contribution in [-0.2, 0) is 0 Å². The van der Waals surface area contributed by atoms with Gasteiger partial charge in [0.2, 0.25) is 0 Å². The molecule has 13 heavy (non-hydrogen) atoms. The highest BCUT2D eigenvalue weighted by Crippen LogP contribution is 2.40. The van der Waals surface area contributed by atoms with Crippen LogP contribution in [0, 0.1) is 5.41 Å². The summed E-state index contributed by atoms with van der Waals surface area (Å²) in [4.78, 5) is 4.72. The Kier molecular flexibility index (Phi) is 2.11. The highest BCUT2D eigenvalue weighted by Gasteiger charge is 2.34. The molecule has 0 saturated carbocycles. The Hall–Kier alpha value is -0.500. The van der Waals surface area contributed by atoms with Crippen LogP contribution in [-0.4, -0.2) is 16.3 Å². The molecule has 2 heteroatoms. The van der Waals surface area contributed by atoms with Gasteiger partial charge in [0.15, 0.2) is 0 Å². The standard InChI is InChI=1S/C11H15NS/c1-11(2,3)10-12-8-6-4-5-7-9(8)13-10/h4-7,9-10H,1-3H3. The lowest BCUT2D eigenvalue weighted by molar-refractivity contribution is 0.404. The Labute approximate surface area is 84.0 Å². The second kappa shape index (κ2) is 3.02. The number of allylic oxidation sites excluding steroid dienone is 3. The van der Waals surface area contributed by atoms with Crippen molar-refractivity contribution in [3.8, 4) is 0 Å². The second-order valence-corrected chi connectivity index (χ2v) is 5.80. The van der Waals surface area contributed by atoms with E-state index in [1.165, 1.54) is 5.71 Å². The van der Waals surface area contributed by atoms with E-state index in [0.717, 1.165) is 0 Å². The van der Waals surface area contributed by atoms with Crippen LogP contribution in [0.1, 0.15) is 20.8 Å². The smallest absolute Gasteiger partial charge is 0.101 e. The zero-order chi connectivity index (χ0) is 9.47. The van der Waals surface area contributed by atoms with Gasteiger partial charge in [-0.05, 0) is 11.5 Å². The van der Waals surface area contributed by atoms with Gasteiger partial charge in [-0.2, -0.15) is 0 Å². The van der Waals surface area contributed by atoms with E-state index in [9.17, 15) is 0 Å². The molecule has 0 bridgehead atoms. The summed E-state index contributed by atoms with van der Waals surface area (Å²) in [6, 6.07) is 0. The minimum atomic E-state index is 0.274. The number of rotatable bonds is 0. The molecule has 2 rings (SSSR count). The molecule has 0 radical (unpaired) electrons. The fourth-order valence-corrected chi connectivity index (χ4v) is 2.78. The molecule has 2 unspecified atom stereocenters. The number of aliphatic imine (C=N–C) groups is 1. The Morgan fingerprint density at radius 2 is 2.08 bits per heavy atom. The normalized spacial score (nSPS) is 31.8. The molecule has 0 N–H and O–H groups in total. The van der Waals surface area contributed by atoms with Crippen molar-refractivity contribution in [1.29, 1.82) is 0 Å². The van der Waals surface area contributed by atoms with Crippen molar-refractivity contribution >= 4 is 17.5 Å². The van der Waals surface area contributed by atoms with E-state index in [1.54, 1.807) is 0 Å². The van der Waals surface area contributed by atoms with Gasteiger partial charge in [-0.3, -0.25) is 4.99 Å². The van der Waals surface area contributed by atoms with E-state index in [0.29, 0.717) is 10.6 Å². The van der Waals surface area contributed by atoms with Crippen LogP contribution < -0.4 is 0 Å². The van der Waals surface area contributed by atoms with Crippen LogP contribution in [0.2, 0.25) is 0 Å². The molecule has 0 saturated heterocycles. The molecule has 0 aromatic heterocycles. The Balaban J connectivity index is 2.21. The molecular formula is C11H15NS. The zero-order valence-corrected chi connectivity index (χ0v) is 9.14. The van der Waals surface area contributed by atoms with Gasteiger partial charge in [0, 0.05) is 0 Å². The number of hydrogen-bond acceptors (Lipinski definition) is 2. The van der Waals surface area contributed by atoms with Crippen LogP contribution in [0.4, 0.5) is 0 Å². The van der Waals surface area contributed by atoms with E-state index in [1.807, 2.05) is 11.8 Å². The molecule has 1 nitrogen and oxygen atoms in total.